The van der Waals surface area contributed by atoms with Crippen molar-refractivity contribution in [3.63, 3.8) is 0 Å². The maximum Gasteiger partial charge on any atom is 0.220 e. The van der Waals surface area contributed by atoms with Crippen LogP contribution in [0.15, 0.2) is 24.3 Å². The largest absolute Gasteiger partial charge is 0.477 e. The molecule has 5 rings (SSSR count). The number of hydrogen-bond acceptors (Lipinski definition) is 7. The molecule has 1 saturated heterocycles. The Bertz CT molecular complexity index is 1320. The van der Waals surface area contributed by atoms with Crippen LogP contribution in [0.3, 0.4) is 0 Å². The number of anilines is 1. The van der Waals surface area contributed by atoms with Gasteiger partial charge in [0.15, 0.2) is 5.65 Å². The lowest BCUT2D eigenvalue weighted by atomic mass is 9.97. The van der Waals surface area contributed by atoms with Gasteiger partial charge >= 0.3 is 0 Å². The van der Waals surface area contributed by atoms with Gasteiger partial charge in [-0.3, -0.25) is 0 Å². The van der Waals surface area contributed by atoms with Gasteiger partial charge in [-0.25, -0.2) is 18.7 Å². The first kappa shape index (κ1) is 23.4. The van der Waals surface area contributed by atoms with Gasteiger partial charge in [0.2, 0.25) is 5.88 Å². The molecule has 1 unspecified atom stereocenters. The van der Waals surface area contributed by atoms with Crippen molar-refractivity contribution in [1.82, 2.24) is 15.0 Å². The number of benzene rings is 1. The van der Waals surface area contributed by atoms with Crippen LogP contribution in [0.1, 0.15) is 61.4 Å². The molecule has 1 N–H and O–H groups in total. The SMILES string of the molecule is Cc1nc(N[C@H](C)c2cccc(C(C)F)c2F)c2cc(C3(C#N)CC3)c(OCC3COC3)nc2n1. The highest BCUT2D eigenvalue weighted by Gasteiger charge is 2.48. The number of nitrogens with one attached hydrogen (secondary N) is 1. The third-order valence-electron chi connectivity index (χ3n) is 6.71. The number of pyridine rings is 1. The summed E-state index contributed by atoms with van der Waals surface area (Å²) in [5, 5.41) is 13.8. The highest BCUT2D eigenvalue weighted by Crippen LogP contribution is 2.51. The zero-order valence-corrected chi connectivity index (χ0v) is 19.9. The average Bonchev–Trinajstić information content (AvgIpc) is 3.58. The van der Waals surface area contributed by atoms with Gasteiger partial charge in [0.05, 0.1) is 42.7 Å². The van der Waals surface area contributed by atoms with Crippen LogP contribution in [0.2, 0.25) is 0 Å². The molecule has 2 aliphatic rings. The van der Waals surface area contributed by atoms with Gasteiger partial charge in [-0.1, -0.05) is 18.2 Å². The fourth-order valence-corrected chi connectivity index (χ4v) is 4.35. The summed E-state index contributed by atoms with van der Waals surface area (Å²) in [6, 6.07) is 8.51. The van der Waals surface area contributed by atoms with Gasteiger partial charge in [-0.15, -0.1) is 0 Å². The van der Waals surface area contributed by atoms with Crippen LogP contribution < -0.4 is 10.1 Å². The molecule has 0 radical (unpaired) electrons. The second-order valence-electron chi connectivity index (χ2n) is 9.47. The lowest BCUT2D eigenvalue weighted by Gasteiger charge is -2.26. The predicted molar refractivity (Wildman–Crippen MR) is 126 cm³/mol. The smallest absolute Gasteiger partial charge is 0.220 e. The first-order valence-electron chi connectivity index (χ1n) is 11.8. The zero-order chi connectivity index (χ0) is 24.7. The Morgan fingerprint density at radius 2 is 1.97 bits per heavy atom. The van der Waals surface area contributed by atoms with E-state index in [1.165, 1.54) is 13.0 Å². The molecule has 2 aromatic heterocycles. The summed E-state index contributed by atoms with van der Waals surface area (Å²) in [6.07, 6.45) is 0.0390. The van der Waals surface area contributed by atoms with Gasteiger partial charge in [0.25, 0.3) is 0 Å². The molecular weight excluding hydrogens is 452 g/mol. The van der Waals surface area contributed by atoms with E-state index < -0.39 is 23.4 Å². The Morgan fingerprint density at radius 3 is 2.60 bits per heavy atom. The molecular formula is C26H27F2N5O2. The molecule has 3 aromatic rings. The number of hydrogen-bond donors (Lipinski definition) is 1. The lowest BCUT2D eigenvalue weighted by molar-refractivity contribution is -0.0515. The molecule has 0 bridgehead atoms. The molecule has 9 heteroatoms. The quantitative estimate of drug-likeness (QED) is 0.471. The number of aromatic nitrogens is 3. The zero-order valence-electron chi connectivity index (χ0n) is 19.9. The minimum absolute atomic E-state index is 0.0205. The maximum absolute atomic E-state index is 15.0. The number of alkyl halides is 1. The standard InChI is InChI=1S/C26H27F2N5O2/c1-14(27)18-5-4-6-19(22(18)28)15(2)30-23-20-9-21(26(13-29)7-8-26)25(35-12-17-10-34-11-17)33-24(20)32-16(3)31-23/h4-6,9,14-15,17H,7-8,10-12H2,1-3H3,(H,30,31,32,33)/t14?,15-/m1/s1. The average molecular weight is 480 g/mol. The Labute approximate surface area is 202 Å². The Morgan fingerprint density at radius 1 is 1.23 bits per heavy atom. The summed E-state index contributed by atoms with van der Waals surface area (Å²) in [5.41, 5.74) is 0.861. The molecule has 7 nitrogen and oxygen atoms in total. The van der Waals surface area contributed by atoms with Crippen LogP contribution in [0.5, 0.6) is 5.88 Å². The number of nitrogens with zero attached hydrogens (tertiary/aromatic N) is 4. The monoisotopic (exact) mass is 479 g/mol. The molecule has 3 heterocycles. The minimum Gasteiger partial charge on any atom is -0.477 e. The van der Waals surface area contributed by atoms with Crippen LogP contribution in [-0.2, 0) is 10.2 Å². The van der Waals surface area contributed by atoms with E-state index in [0.717, 1.165) is 18.4 Å². The summed E-state index contributed by atoms with van der Waals surface area (Å²) in [7, 11) is 0. The van der Waals surface area contributed by atoms with E-state index in [1.54, 1.807) is 26.0 Å². The molecule has 2 fully saturated rings. The summed E-state index contributed by atoms with van der Waals surface area (Å²) in [5.74, 6) is 1.10. The molecule has 2 atom stereocenters. The van der Waals surface area contributed by atoms with Crippen molar-refractivity contribution >= 4 is 16.9 Å². The van der Waals surface area contributed by atoms with Crippen LogP contribution in [0.4, 0.5) is 14.6 Å². The van der Waals surface area contributed by atoms with Crippen LogP contribution in [0.25, 0.3) is 11.0 Å². The number of rotatable bonds is 8. The Hall–Kier alpha value is -3.38. The number of ether oxygens (including phenoxy) is 2. The molecule has 182 valence electrons. The van der Waals surface area contributed by atoms with E-state index >= 15 is 0 Å². The van der Waals surface area contributed by atoms with Crippen molar-refractivity contribution in [2.45, 2.75) is 51.2 Å². The normalized spacial score (nSPS) is 18.4. The van der Waals surface area contributed by atoms with E-state index in [0.29, 0.717) is 59.9 Å². The molecule has 1 aliphatic heterocycles. The Balaban J connectivity index is 1.54. The molecule has 1 saturated carbocycles. The van der Waals surface area contributed by atoms with Crippen molar-refractivity contribution < 1.29 is 18.3 Å². The third-order valence-corrected chi connectivity index (χ3v) is 6.71. The van der Waals surface area contributed by atoms with Crippen LogP contribution in [0, 0.1) is 30.0 Å². The minimum atomic E-state index is -1.42. The fraction of sp³-hybridized carbons (Fsp3) is 0.462. The topological polar surface area (TPSA) is 93.0 Å². The van der Waals surface area contributed by atoms with E-state index in [1.807, 2.05) is 6.07 Å². The van der Waals surface area contributed by atoms with Crippen molar-refractivity contribution in [2.75, 3.05) is 25.1 Å². The van der Waals surface area contributed by atoms with Gasteiger partial charge in [0, 0.05) is 22.6 Å². The van der Waals surface area contributed by atoms with Gasteiger partial charge < -0.3 is 14.8 Å². The molecule has 0 spiro atoms. The maximum atomic E-state index is 15.0. The van der Waals surface area contributed by atoms with Crippen molar-refractivity contribution in [1.29, 1.82) is 5.26 Å². The van der Waals surface area contributed by atoms with Crippen LogP contribution >= 0.6 is 0 Å². The lowest BCUT2D eigenvalue weighted by Crippen LogP contribution is -2.33. The first-order chi connectivity index (χ1) is 16.8. The number of fused-ring (bicyclic) bond motifs is 1. The third kappa shape index (κ3) is 4.39. The van der Waals surface area contributed by atoms with Crippen molar-refractivity contribution in [2.24, 2.45) is 5.92 Å². The molecule has 35 heavy (non-hydrogen) atoms. The fourth-order valence-electron chi connectivity index (χ4n) is 4.35. The number of halogens is 2. The second-order valence-corrected chi connectivity index (χ2v) is 9.47. The van der Waals surface area contributed by atoms with Gasteiger partial charge in [0.1, 0.15) is 23.6 Å². The van der Waals surface area contributed by atoms with E-state index in [-0.39, 0.29) is 5.56 Å². The van der Waals surface area contributed by atoms with Crippen molar-refractivity contribution in [3.8, 4) is 11.9 Å². The number of nitriles is 1. The highest BCUT2D eigenvalue weighted by atomic mass is 19.1. The summed E-state index contributed by atoms with van der Waals surface area (Å²) < 4.78 is 40.1. The van der Waals surface area contributed by atoms with Gasteiger partial charge in [-0.05, 0) is 39.7 Å². The Kier molecular flexibility index (Phi) is 6.01. The molecule has 0 amide bonds. The van der Waals surface area contributed by atoms with Crippen molar-refractivity contribution in [3.05, 3.63) is 52.6 Å². The summed E-state index contributed by atoms with van der Waals surface area (Å²) in [6.45, 7) is 6.62. The number of aryl methyl sites for hydroxylation is 1. The predicted octanol–water partition coefficient (Wildman–Crippen LogP) is 5.26. The summed E-state index contributed by atoms with van der Waals surface area (Å²) in [4.78, 5) is 13.7. The second kappa shape index (κ2) is 9.00. The molecule has 1 aromatic carbocycles. The van der Waals surface area contributed by atoms with Crippen LogP contribution in [-0.4, -0.2) is 34.8 Å². The summed E-state index contributed by atoms with van der Waals surface area (Å²) >= 11 is 0. The molecule has 1 aliphatic carbocycles. The van der Waals surface area contributed by atoms with E-state index in [4.69, 9.17) is 9.47 Å². The first-order valence-corrected chi connectivity index (χ1v) is 11.8. The van der Waals surface area contributed by atoms with Gasteiger partial charge in [-0.2, -0.15) is 10.2 Å². The highest BCUT2D eigenvalue weighted by molar-refractivity contribution is 5.88. The van der Waals surface area contributed by atoms with E-state index in [9.17, 15) is 14.0 Å². The van der Waals surface area contributed by atoms with E-state index in [2.05, 4.69) is 26.3 Å².